The summed E-state index contributed by atoms with van der Waals surface area (Å²) in [7, 11) is 1.10. The lowest BCUT2D eigenvalue weighted by atomic mass is 9.99. The molecule has 92 valence electrons. The van der Waals surface area contributed by atoms with Crippen molar-refractivity contribution in [1.82, 2.24) is 0 Å². The number of methoxy groups -OCH3 is 1. The molecule has 0 aromatic carbocycles. The van der Waals surface area contributed by atoms with Gasteiger partial charge in [-0.25, -0.2) is 9.59 Å². The minimum Gasteiger partial charge on any atom is -0.478 e. The second-order valence-electron chi connectivity index (χ2n) is 3.67. The van der Waals surface area contributed by atoms with Crippen LogP contribution < -0.4 is 0 Å². The molecule has 6 heteroatoms. The molecule has 0 aliphatic rings. The van der Waals surface area contributed by atoms with Crippen molar-refractivity contribution < 1.29 is 28.6 Å². The fraction of sp³-hybridized carbons (Fsp3) is 0.364. The molecule has 0 amide bonds. The second-order valence-corrected chi connectivity index (χ2v) is 3.67. The van der Waals surface area contributed by atoms with Crippen molar-refractivity contribution in [1.29, 1.82) is 0 Å². The molecule has 1 N–H and O–H groups in total. The van der Waals surface area contributed by atoms with Crippen LogP contribution in [0, 0.1) is 5.92 Å². The highest BCUT2D eigenvalue weighted by Crippen LogP contribution is 2.21. The Bertz CT molecular complexity index is 468. The summed E-state index contributed by atoms with van der Waals surface area (Å²) in [6, 6.07) is 0. The standard InChI is InChI=1S/C11H12O6/c1-5(2)8(12)6-4-17-9(11(15)16-3)7(6)10(13)14/h4-5H,1-3H3,(H,13,14). The van der Waals surface area contributed by atoms with Gasteiger partial charge in [-0.05, 0) is 0 Å². The van der Waals surface area contributed by atoms with Gasteiger partial charge in [0.25, 0.3) is 0 Å². The zero-order valence-corrected chi connectivity index (χ0v) is 9.64. The topological polar surface area (TPSA) is 93.8 Å². The number of ketones is 1. The molecule has 1 aromatic rings. The molecule has 6 nitrogen and oxygen atoms in total. The fourth-order valence-corrected chi connectivity index (χ4v) is 1.31. The third-order valence-electron chi connectivity index (χ3n) is 2.17. The molecule has 0 bridgehead atoms. The fourth-order valence-electron chi connectivity index (χ4n) is 1.31. The van der Waals surface area contributed by atoms with E-state index in [1.165, 1.54) is 0 Å². The average Bonchev–Trinajstić information content (AvgIpc) is 2.71. The zero-order valence-electron chi connectivity index (χ0n) is 9.64. The zero-order chi connectivity index (χ0) is 13.2. The van der Waals surface area contributed by atoms with E-state index in [0.717, 1.165) is 13.4 Å². The molecule has 0 saturated heterocycles. The Labute approximate surface area is 97.2 Å². The van der Waals surface area contributed by atoms with Crippen molar-refractivity contribution in [2.45, 2.75) is 13.8 Å². The van der Waals surface area contributed by atoms with Gasteiger partial charge in [-0.3, -0.25) is 4.79 Å². The van der Waals surface area contributed by atoms with Gasteiger partial charge in [-0.1, -0.05) is 13.8 Å². The summed E-state index contributed by atoms with van der Waals surface area (Å²) in [6.45, 7) is 3.25. The maximum Gasteiger partial charge on any atom is 0.374 e. The normalized spacial score (nSPS) is 10.4. The Kier molecular flexibility index (Phi) is 3.67. The van der Waals surface area contributed by atoms with Crippen LogP contribution in [0.4, 0.5) is 0 Å². The summed E-state index contributed by atoms with van der Waals surface area (Å²) < 4.78 is 9.18. The first-order valence-electron chi connectivity index (χ1n) is 4.87. The number of carboxylic acid groups (broad SMARTS) is 1. The summed E-state index contributed by atoms with van der Waals surface area (Å²) in [4.78, 5) is 34.0. The Morgan fingerprint density at radius 1 is 1.35 bits per heavy atom. The molecule has 0 fully saturated rings. The lowest BCUT2D eigenvalue weighted by Gasteiger charge is -2.02. The molecule has 0 radical (unpaired) electrons. The third-order valence-corrected chi connectivity index (χ3v) is 2.17. The molecule has 17 heavy (non-hydrogen) atoms. The highest BCUT2D eigenvalue weighted by Gasteiger charge is 2.30. The first kappa shape index (κ1) is 13.0. The monoisotopic (exact) mass is 240 g/mol. The molecule has 0 saturated carbocycles. The molecule has 0 unspecified atom stereocenters. The quantitative estimate of drug-likeness (QED) is 0.634. The summed E-state index contributed by atoms with van der Waals surface area (Å²) in [6.07, 6.45) is 0.970. The molecular formula is C11H12O6. The summed E-state index contributed by atoms with van der Waals surface area (Å²) in [5.74, 6) is -3.59. The highest BCUT2D eigenvalue weighted by molar-refractivity contribution is 6.11. The first-order chi connectivity index (χ1) is 7.90. The van der Waals surface area contributed by atoms with Crippen LogP contribution in [0.15, 0.2) is 10.7 Å². The van der Waals surface area contributed by atoms with E-state index in [2.05, 4.69) is 4.74 Å². The smallest absolute Gasteiger partial charge is 0.374 e. The Balaban J connectivity index is 3.35. The summed E-state index contributed by atoms with van der Waals surface area (Å²) in [5, 5.41) is 8.99. The van der Waals surface area contributed by atoms with Gasteiger partial charge in [-0.2, -0.15) is 0 Å². The number of ether oxygens (including phenoxy) is 1. The first-order valence-corrected chi connectivity index (χ1v) is 4.87. The van der Waals surface area contributed by atoms with Crippen molar-refractivity contribution in [2.24, 2.45) is 5.92 Å². The van der Waals surface area contributed by atoms with Gasteiger partial charge in [0.1, 0.15) is 11.8 Å². The lowest BCUT2D eigenvalue weighted by molar-refractivity contribution is 0.0547. The number of hydrogen-bond donors (Lipinski definition) is 1. The minimum atomic E-state index is -1.40. The van der Waals surface area contributed by atoms with Crippen LogP contribution in [0.25, 0.3) is 0 Å². The van der Waals surface area contributed by atoms with E-state index in [9.17, 15) is 14.4 Å². The number of carbonyl (C=O) groups is 3. The summed E-state index contributed by atoms with van der Waals surface area (Å²) >= 11 is 0. The van der Waals surface area contributed by atoms with Gasteiger partial charge >= 0.3 is 11.9 Å². The van der Waals surface area contributed by atoms with Gasteiger partial charge in [-0.15, -0.1) is 0 Å². The number of aromatic carboxylic acids is 1. The molecule has 0 spiro atoms. The molecule has 0 aliphatic heterocycles. The van der Waals surface area contributed by atoms with Gasteiger partial charge < -0.3 is 14.3 Å². The van der Waals surface area contributed by atoms with Crippen molar-refractivity contribution in [3.05, 3.63) is 23.2 Å². The van der Waals surface area contributed by atoms with Crippen LogP contribution in [0.3, 0.4) is 0 Å². The minimum absolute atomic E-state index is 0.118. The second kappa shape index (κ2) is 4.82. The molecule has 0 atom stereocenters. The largest absolute Gasteiger partial charge is 0.478 e. The van der Waals surface area contributed by atoms with Crippen LogP contribution in [-0.2, 0) is 4.74 Å². The lowest BCUT2D eigenvalue weighted by Crippen LogP contribution is -2.14. The van der Waals surface area contributed by atoms with Crippen LogP contribution in [0.1, 0.15) is 45.1 Å². The number of carboxylic acids is 1. The number of esters is 1. The molecular weight excluding hydrogens is 228 g/mol. The van der Waals surface area contributed by atoms with E-state index >= 15 is 0 Å². The van der Waals surface area contributed by atoms with Crippen molar-refractivity contribution in [2.75, 3.05) is 7.11 Å². The highest BCUT2D eigenvalue weighted by atomic mass is 16.5. The molecule has 1 heterocycles. The third kappa shape index (κ3) is 2.35. The average molecular weight is 240 g/mol. The van der Waals surface area contributed by atoms with Crippen LogP contribution in [-0.4, -0.2) is 29.9 Å². The van der Waals surface area contributed by atoms with Gasteiger partial charge in [0, 0.05) is 5.92 Å². The van der Waals surface area contributed by atoms with E-state index < -0.39 is 35.0 Å². The Hall–Kier alpha value is -2.11. The SMILES string of the molecule is COC(=O)c1occ(C(=O)C(C)C)c1C(=O)O. The Morgan fingerprint density at radius 3 is 2.35 bits per heavy atom. The van der Waals surface area contributed by atoms with Crippen molar-refractivity contribution >= 4 is 17.7 Å². The number of furan rings is 1. The van der Waals surface area contributed by atoms with E-state index in [0.29, 0.717) is 0 Å². The molecule has 1 aromatic heterocycles. The van der Waals surface area contributed by atoms with E-state index in [-0.39, 0.29) is 5.56 Å². The number of hydrogen-bond acceptors (Lipinski definition) is 5. The van der Waals surface area contributed by atoms with Crippen LogP contribution >= 0.6 is 0 Å². The number of carbonyl (C=O) groups excluding carboxylic acids is 2. The Morgan fingerprint density at radius 2 is 1.94 bits per heavy atom. The number of rotatable bonds is 4. The van der Waals surface area contributed by atoms with Crippen LogP contribution in [0.5, 0.6) is 0 Å². The van der Waals surface area contributed by atoms with Crippen LogP contribution in [0.2, 0.25) is 0 Å². The van der Waals surface area contributed by atoms with Crippen molar-refractivity contribution in [3.63, 3.8) is 0 Å². The predicted molar refractivity (Wildman–Crippen MR) is 56.2 cm³/mol. The van der Waals surface area contributed by atoms with E-state index in [4.69, 9.17) is 9.52 Å². The summed E-state index contributed by atoms with van der Waals surface area (Å²) in [5.41, 5.74) is -0.566. The molecule has 0 aliphatic carbocycles. The van der Waals surface area contributed by atoms with Gasteiger partial charge in [0.05, 0.1) is 12.7 Å². The van der Waals surface area contributed by atoms with Gasteiger partial charge in [0.15, 0.2) is 5.78 Å². The predicted octanol–water partition coefficient (Wildman–Crippen LogP) is 1.60. The van der Waals surface area contributed by atoms with E-state index in [1.807, 2.05) is 0 Å². The number of Topliss-reactive ketones (excluding diaryl/α,β-unsaturated/α-hetero) is 1. The molecule has 1 rings (SSSR count). The maximum absolute atomic E-state index is 11.7. The van der Waals surface area contributed by atoms with Crippen molar-refractivity contribution in [3.8, 4) is 0 Å². The maximum atomic E-state index is 11.7. The van der Waals surface area contributed by atoms with E-state index in [1.54, 1.807) is 13.8 Å². The van der Waals surface area contributed by atoms with Gasteiger partial charge in [0.2, 0.25) is 5.76 Å².